The third kappa shape index (κ3) is 3.16. The SMILES string of the molecule is CN=c1scc(-c2ccccc2)n1-c1ccc(F)c(Cl)c1.[Br-]. The van der Waals surface area contributed by atoms with Crippen molar-refractivity contribution >= 4 is 22.9 Å². The summed E-state index contributed by atoms with van der Waals surface area (Å²) in [7, 11) is 1.74. The van der Waals surface area contributed by atoms with E-state index >= 15 is 0 Å². The van der Waals surface area contributed by atoms with Gasteiger partial charge in [-0.2, -0.15) is 0 Å². The van der Waals surface area contributed by atoms with Crippen molar-refractivity contribution in [1.29, 1.82) is 0 Å². The van der Waals surface area contributed by atoms with Gasteiger partial charge < -0.3 is 17.0 Å². The van der Waals surface area contributed by atoms with E-state index in [2.05, 4.69) is 4.99 Å². The van der Waals surface area contributed by atoms with Crippen molar-refractivity contribution < 1.29 is 21.4 Å². The fraction of sp³-hybridized carbons (Fsp3) is 0.0625. The van der Waals surface area contributed by atoms with E-state index in [9.17, 15) is 4.39 Å². The quantitative estimate of drug-likeness (QED) is 0.623. The van der Waals surface area contributed by atoms with Gasteiger partial charge in [-0.05, 0) is 23.8 Å². The fourth-order valence-electron chi connectivity index (χ4n) is 2.15. The number of rotatable bonds is 2. The van der Waals surface area contributed by atoms with Gasteiger partial charge in [-0.25, -0.2) is 4.39 Å². The lowest BCUT2D eigenvalue weighted by atomic mass is 10.1. The standard InChI is InChI=1S/C16H12ClFN2S.BrH/c1-19-16-20(12-7-8-14(18)13(17)9-12)15(10-21-16)11-5-3-2-4-6-11;/h2-10H,1H3;1H/p-1. The topological polar surface area (TPSA) is 17.3 Å². The molecule has 2 nitrogen and oxygen atoms in total. The van der Waals surface area contributed by atoms with E-state index in [1.807, 2.05) is 40.3 Å². The van der Waals surface area contributed by atoms with Gasteiger partial charge in [0.2, 0.25) is 0 Å². The molecule has 0 radical (unpaired) electrons. The molecule has 1 aromatic heterocycles. The summed E-state index contributed by atoms with van der Waals surface area (Å²) >= 11 is 7.44. The van der Waals surface area contributed by atoms with E-state index in [4.69, 9.17) is 11.6 Å². The molecule has 0 spiro atoms. The first-order valence-corrected chi connectivity index (χ1v) is 7.60. The minimum absolute atomic E-state index is 0. The van der Waals surface area contributed by atoms with Crippen LogP contribution in [0.4, 0.5) is 4.39 Å². The van der Waals surface area contributed by atoms with Crippen molar-refractivity contribution in [1.82, 2.24) is 4.57 Å². The molecule has 114 valence electrons. The zero-order valence-electron chi connectivity index (χ0n) is 11.6. The first kappa shape index (κ1) is 16.9. The zero-order valence-corrected chi connectivity index (χ0v) is 14.8. The Balaban J connectivity index is 0.00000176. The summed E-state index contributed by atoms with van der Waals surface area (Å²) in [6, 6.07) is 14.7. The average Bonchev–Trinajstić information content (AvgIpc) is 2.95. The van der Waals surface area contributed by atoms with E-state index in [0.717, 1.165) is 21.7 Å². The molecule has 6 heteroatoms. The second-order valence-corrected chi connectivity index (χ2v) is 5.67. The maximum Gasteiger partial charge on any atom is 0.189 e. The number of aromatic nitrogens is 1. The van der Waals surface area contributed by atoms with Crippen LogP contribution in [0, 0.1) is 5.82 Å². The van der Waals surface area contributed by atoms with Crippen LogP contribution in [-0.2, 0) is 0 Å². The molecular weight excluding hydrogens is 387 g/mol. The molecule has 0 saturated carbocycles. The van der Waals surface area contributed by atoms with Gasteiger partial charge >= 0.3 is 0 Å². The highest BCUT2D eigenvalue weighted by molar-refractivity contribution is 7.07. The van der Waals surface area contributed by atoms with Gasteiger partial charge in [-0.3, -0.25) is 9.56 Å². The second kappa shape index (κ2) is 7.22. The lowest BCUT2D eigenvalue weighted by Gasteiger charge is -2.10. The number of hydrogen-bond donors (Lipinski definition) is 0. The van der Waals surface area contributed by atoms with Crippen molar-refractivity contribution in [3.05, 3.63) is 69.6 Å². The molecule has 0 aliphatic heterocycles. The van der Waals surface area contributed by atoms with Crippen LogP contribution in [0.2, 0.25) is 5.02 Å². The van der Waals surface area contributed by atoms with Crippen molar-refractivity contribution in [2.45, 2.75) is 0 Å². The monoisotopic (exact) mass is 397 g/mol. The van der Waals surface area contributed by atoms with Crippen LogP contribution >= 0.6 is 22.9 Å². The lowest BCUT2D eigenvalue weighted by Crippen LogP contribution is -3.00. The van der Waals surface area contributed by atoms with Crippen molar-refractivity contribution in [3.63, 3.8) is 0 Å². The van der Waals surface area contributed by atoms with E-state index in [-0.39, 0.29) is 22.0 Å². The van der Waals surface area contributed by atoms with Crippen LogP contribution in [0.15, 0.2) is 58.9 Å². The van der Waals surface area contributed by atoms with Crippen molar-refractivity contribution in [2.75, 3.05) is 7.05 Å². The molecule has 0 fully saturated rings. The van der Waals surface area contributed by atoms with Gasteiger partial charge in [-0.15, -0.1) is 11.3 Å². The van der Waals surface area contributed by atoms with Crippen LogP contribution in [0.25, 0.3) is 16.9 Å². The maximum atomic E-state index is 13.4. The average molecular weight is 399 g/mol. The van der Waals surface area contributed by atoms with Crippen molar-refractivity contribution in [3.8, 4) is 16.9 Å². The summed E-state index contributed by atoms with van der Waals surface area (Å²) in [5.41, 5.74) is 2.87. The zero-order chi connectivity index (χ0) is 14.8. The molecule has 0 aliphatic carbocycles. The number of halogens is 3. The summed E-state index contributed by atoms with van der Waals surface area (Å²) in [4.78, 5) is 5.12. The molecule has 0 amide bonds. The highest BCUT2D eigenvalue weighted by Gasteiger charge is 2.11. The van der Waals surface area contributed by atoms with Crippen LogP contribution in [0.3, 0.4) is 0 Å². The lowest BCUT2D eigenvalue weighted by molar-refractivity contribution is -0.00000464. The molecule has 3 rings (SSSR count). The van der Waals surface area contributed by atoms with E-state index in [0.29, 0.717) is 0 Å². The molecule has 0 atom stereocenters. The molecule has 0 bridgehead atoms. The smallest absolute Gasteiger partial charge is 0.189 e. The van der Waals surface area contributed by atoms with E-state index in [1.54, 1.807) is 19.2 Å². The van der Waals surface area contributed by atoms with Crippen LogP contribution in [0.5, 0.6) is 0 Å². The van der Waals surface area contributed by atoms with Gasteiger partial charge in [0, 0.05) is 12.4 Å². The summed E-state index contributed by atoms with van der Waals surface area (Å²) in [6.45, 7) is 0. The van der Waals surface area contributed by atoms with Gasteiger partial charge in [0.1, 0.15) is 5.82 Å². The predicted octanol–water partition coefficient (Wildman–Crippen LogP) is 1.53. The van der Waals surface area contributed by atoms with E-state index < -0.39 is 5.82 Å². The second-order valence-electron chi connectivity index (χ2n) is 4.43. The summed E-state index contributed by atoms with van der Waals surface area (Å²) < 4.78 is 15.4. The Morgan fingerprint density at radius 1 is 1.14 bits per heavy atom. The highest BCUT2D eigenvalue weighted by atomic mass is 79.9. The predicted molar refractivity (Wildman–Crippen MR) is 85.5 cm³/mol. The van der Waals surface area contributed by atoms with Gasteiger partial charge in [0.05, 0.1) is 16.4 Å². The largest absolute Gasteiger partial charge is 1.00 e. The molecular formula is C16H12BrClFN2S-. The summed E-state index contributed by atoms with van der Waals surface area (Å²) in [5, 5.41) is 2.14. The Kier molecular flexibility index (Phi) is 5.56. The molecule has 1 heterocycles. The highest BCUT2D eigenvalue weighted by Crippen LogP contribution is 2.25. The first-order chi connectivity index (χ1) is 10.2. The Morgan fingerprint density at radius 2 is 1.86 bits per heavy atom. The van der Waals surface area contributed by atoms with Gasteiger partial charge in [0.25, 0.3) is 0 Å². The molecule has 3 aromatic rings. The number of nitrogens with zero attached hydrogens (tertiary/aromatic N) is 2. The van der Waals surface area contributed by atoms with Crippen molar-refractivity contribution in [2.24, 2.45) is 4.99 Å². The summed E-state index contributed by atoms with van der Waals surface area (Å²) in [5.74, 6) is -0.424. The third-order valence-electron chi connectivity index (χ3n) is 3.13. The fourth-order valence-corrected chi connectivity index (χ4v) is 3.20. The Hall–Kier alpha value is -1.43. The first-order valence-electron chi connectivity index (χ1n) is 6.35. The number of hydrogen-bond acceptors (Lipinski definition) is 2. The normalized spacial score (nSPS) is 11.3. The van der Waals surface area contributed by atoms with Crippen LogP contribution < -0.4 is 21.8 Å². The van der Waals surface area contributed by atoms with Gasteiger partial charge in [-0.1, -0.05) is 41.9 Å². The van der Waals surface area contributed by atoms with Crippen LogP contribution in [-0.4, -0.2) is 11.6 Å². The minimum atomic E-state index is -0.424. The van der Waals surface area contributed by atoms with Crippen LogP contribution in [0.1, 0.15) is 0 Å². The number of benzene rings is 2. The molecule has 0 unspecified atom stereocenters. The Bertz CT molecular complexity index is 843. The summed E-state index contributed by atoms with van der Waals surface area (Å²) in [6.07, 6.45) is 0. The van der Waals surface area contributed by atoms with E-state index in [1.165, 1.54) is 17.4 Å². The third-order valence-corrected chi connectivity index (χ3v) is 4.34. The Morgan fingerprint density at radius 3 is 2.50 bits per heavy atom. The molecule has 0 N–H and O–H groups in total. The maximum absolute atomic E-state index is 13.4. The Labute approximate surface area is 147 Å². The minimum Gasteiger partial charge on any atom is -1.00 e. The molecule has 0 aliphatic rings. The molecule has 2 aromatic carbocycles. The molecule has 0 saturated heterocycles. The number of thiazole rings is 1. The van der Waals surface area contributed by atoms with Gasteiger partial charge in [0.15, 0.2) is 4.80 Å². The molecule has 22 heavy (non-hydrogen) atoms.